The topological polar surface area (TPSA) is 70.4 Å². The molecule has 19 heavy (non-hydrogen) atoms. The largest absolute Gasteiger partial charge is 0.351 e. The number of amides is 1. The van der Waals surface area contributed by atoms with E-state index in [1.165, 1.54) is 0 Å². The molecule has 1 aromatic carbocycles. The molecule has 0 radical (unpaired) electrons. The lowest BCUT2D eigenvalue weighted by Gasteiger charge is -2.27. The third kappa shape index (κ3) is 4.31. The van der Waals surface area contributed by atoms with Crippen LogP contribution in [0.2, 0.25) is 0 Å². The maximum absolute atomic E-state index is 12.0. The molecule has 1 fully saturated rings. The van der Waals surface area contributed by atoms with Crippen LogP contribution in [-0.4, -0.2) is 50.1 Å². The molecule has 0 aromatic heterocycles. The zero-order valence-electron chi connectivity index (χ0n) is 11.2. The Morgan fingerprint density at radius 2 is 2.16 bits per heavy atom. The molecule has 4 N–H and O–H groups in total. The van der Waals surface area contributed by atoms with Crippen LogP contribution in [-0.2, 0) is 6.54 Å². The van der Waals surface area contributed by atoms with Crippen LogP contribution in [0, 0.1) is 0 Å². The molecule has 1 aliphatic heterocycles. The molecule has 1 saturated heterocycles. The van der Waals surface area contributed by atoms with Gasteiger partial charge in [0.15, 0.2) is 0 Å². The van der Waals surface area contributed by atoms with Crippen LogP contribution in [0.25, 0.3) is 0 Å². The number of rotatable bonds is 5. The molecule has 1 heterocycles. The summed E-state index contributed by atoms with van der Waals surface area (Å²) in [5.74, 6) is -0.0227. The standard InChI is InChI=1S/C14H22N4O/c15-11-12-2-1-3-13(10-12)14(19)17-6-9-18-7-4-16-5-8-18/h1-3,10,16H,4-9,11,15H2,(H,17,19). The monoisotopic (exact) mass is 262 g/mol. The second kappa shape index (κ2) is 7.23. The molecule has 0 unspecified atom stereocenters. The van der Waals surface area contributed by atoms with Gasteiger partial charge in [-0.15, -0.1) is 0 Å². The fourth-order valence-electron chi connectivity index (χ4n) is 2.20. The maximum Gasteiger partial charge on any atom is 0.251 e. The maximum atomic E-state index is 12.0. The van der Waals surface area contributed by atoms with E-state index in [9.17, 15) is 4.79 Å². The molecule has 0 bridgehead atoms. The van der Waals surface area contributed by atoms with Gasteiger partial charge in [0.25, 0.3) is 5.91 Å². The van der Waals surface area contributed by atoms with Crippen molar-refractivity contribution in [1.82, 2.24) is 15.5 Å². The van der Waals surface area contributed by atoms with E-state index in [1.807, 2.05) is 24.3 Å². The van der Waals surface area contributed by atoms with E-state index in [0.29, 0.717) is 18.7 Å². The number of nitrogens with one attached hydrogen (secondary N) is 2. The predicted octanol–water partition coefficient (Wildman–Crippen LogP) is -0.220. The van der Waals surface area contributed by atoms with Crippen molar-refractivity contribution in [2.45, 2.75) is 6.54 Å². The van der Waals surface area contributed by atoms with E-state index in [2.05, 4.69) is 15.5 Å². The van der Waals surface area contributed by atoms with Gasteiger partial charge in [0, 0.05) is 51.4 Å². The second-order valence-corrected chi connectivity index (χ2v) is 4.75. The van der Waals surface area contributed by atoms with Gasteiger partial charge in [-0.25, -0.2) is 0 Å². The Labute approximate surface area is 114 Å². The fourth-order valence-corrected chi connectivity index (χ4v) is 2.20. The SMILES string of the molecule is NCc1cccc(C(=O)NCCN2CCNCC2)c1. The first-order valence-electron chi connectivity index (χ1n) is 6.80. The Bertz CT molecular complexity index is 416. The first kappa shape index (κ1) is 14.0. The number of nitrogens with zero attached hydrogens (tertiary/aromatic N) is 1. The van der Waals surface area contributed by atoms with E-state index >= 15 is 0 Å². The van der Waals surface area contributed by atoms with Gasteiger partial charge in [0.05, 0.1) is 0 Å². The van der Waals surface area contributed by atoms with Gasteiger partial charge in [0.2, 0.25) is 0 Å². The minimum Gasteiger partial charge on any atom is -0.351 e. The van der Waals surface area contributed by atoms with Gasteiger partial charge in [0.1, 0.15) is 0 Å². The van der Waals surface area contributed by atoms with Crippen molar-refractivity contribution in [3.63, 3.8) is 0 Å². The lowest BCUT2D eigenvalue weighted by molar-refractivity contribution is 0.0947. The van der Waals surface area contributed by atoms with E-state index in [1.54, 1.807) is 0 Å². The number of carbonyl (C=O) groups excluding carboxylic acids is 1. The number of carbonyl (C=O) groups is 1. The molecule has 0 spiro atoms. The molecule has 0 aliphatic carbocycles. The van der Waals surface area contributed by atoms with Crippen LogP contribution in [0.5, 0.6) is 0 Å². The van der Waals surface area contributed by atoms with Crippen molar-refractivity contribution in [1.29, 1.82) is 0 Å². The van der Waals surface area contributed by atoms with E-state index < -0.39 is 0 Å². The van der Waals surface area contributed by atoms with Crippen LogP contribution in [0.1, 0.15) is 15.9 Å². The summed E-state index contributed by atoms with van der Waals surface area (Å²) in [5.41, 5.74) is 7.24. The fraction of sp³-hybridized carbons (Fsp3) is 0.500. The normalized spacial score (nSPS) is 16.3. The molecule has 104 valence electrons. The Balaban J connectivity index is 1.77. The Kier molecular flexibility index (Phi) is 5.32. The highest BCUT2D eigenvalue weighted by molar-refractivity contribution is 5.94. The predicted molar refractivity (Wildman–Crippen MR) is 76.0 cm³/mol. The molecule has 1 aliphatic rings. The summed E-state index contributed by atoms with van der Waals surface area (Å²) in [4.78, 5) is 14.3. The smallest absolute Gasteiger partial charge is 0.251 e. The summed E-state index contributed by atoms with van der Waals surface area (Å²) in [6, 6.07) is 7.46. The third-order valence-corrected chi connectivity index (χ3v) is 3.35. The van der Waals surface area contributed by atoms with Crippen LogP contribution in [0.15, 0.2) is 24.3 Å². The number of piperazine rings is 1. The molecule has 5 heteroatoms. The summed E-state index contributed by atoms with van der Waals surface area (Å²) >= 11 is 0. The second-order valence-electron chi connectivity index (χ2n) is 4.75. The summed E-state index contributed by atoms with van der Waals surface area (Å²) in [6.45, 7) is 6.23. The number of hydrogen-bond acceptors (Lipinski definition) is 4. The molecule has 5 nitrogen and oxygen atoms in total. The van der Waals surface area contributed by atoms with Crippen molar-refractivity contribution in [3.05, 3.63) is 35.4 Å². The number of nitrogens with two attached hydrogens (primary N) is 1. The molecule has 2 rings (SSSR count). The van der Waals surface area contributed by atoms with Crippen LogP contribution in [0.3, 0.4) is 0 Å². The number of benzene rings is 1. The van der Waals surface area contributed by atoms with Gasteiger partial charge < -0.3 is 16.4 Å². The Morgan fingerprint density at radius 1 is 1.37 bits per heavy atom. The first-order valence-corrected chi connectivity index (χ1v) is 6.80. The van der Waals surface area contributed by atoms with E-state index in [4.69, 9.17) is 5.73 Å². The quantitative estimate of drug-likeness (QED) is 0.686. The van der Waals surface area contributed by atoms with E-state index in [0.717, 1.165) is 38.3 Å². The van der Waals surface area contributed by atoms with E-state index in [-0.39, 0.29) is 5.91 Å². The highest BCUT2D eigenvalue weighted by Gasteiger charge is 2.10. The minimum absolute atomic E-state index is 0.0227. The molecule has 0 atom stereocenters. The van der Waals surface area contributed by atoms with Gasteiger partial charge in [-0.3, -0.25) is 9.69 Å². The van der Waals surface area contributed by atoms with Gasteiger partial charge in [-0.1, -0.05) is 12.1 Å². The Hall–Kier alpha value is -1.43. The van der Waals surface area contributed by atoms with Gasteiger partial charge >= 0.3 is 0 Å². The first-order chi connectivity index (χ1) is 9.29. The lowest BCUT2D eigenvalue weighted by Crippen LogP contribution is -2.46. The molecular formula is C14H22N4O. The summed E-state index contributed by atoms with van der Waals surface area (Å²) in [7, 11) is 0. The van der Waals surface area contributed by atoms with Crippen molar-refractivity contribution in [2.24, 2.45) is 5.73 Å². The molecule has 1 aromatic rings. The summed E-state index contributed by atoms with van der Waals surface area (Å²) < 4.78 is 0. The average Bonchev–Trinajstić information content (AvgIpc) is 2.48. The highest BCUT2D eigenvalue weighted by Crippen LogP contribution is 2.04. The zero-order valence-corrected chi connectivity index (χ0v) is 11.2. The van der Waals surface area contributed by atoms with Crippen molar-refractivity contribution in [2.75, 3.05) is 39.3 Å². The third-order valence-electron chi connectivity index (χ3n) is 3.35. The summed E-state index contributed by atoms with van der Waals surface area (Å²) in [5, 5.41) is 6.27. The highest BCUT2D eigenvalue weighted by atomic mass is 16.1. The van der Waals surface area contributed by atoms with Crippen molar-refractivity contribution in [3.8, 4) is 0 Å². The number of hydrogen-bond donors (Lipinski definition) is 3. The van der Waals surface area contributed by atoms with Gasteiger partial charge in [-0.05, 0) is 17.7 Å². The molecular weight excluding hydrogens is 240 g/mol. The minimum atomic E-state index is -0.0227. The van der Waals surface area contributed by atoms with Crippen LogP contribution >= 0.6 is 0 Å². The van der Waals surface area contributed by atoms with Gasteiger partial charge in [-0.2, -0.15) is 0 Å². The van der Waals surface area contributed by atoms with Crippen molar-refractivity contribution >= 4 is 5.91 Å². The molecule has 0 saturated carbocycles. The Morgan fingerprint density at radius 3 is 2.89 bits per heavy atom. The van der Waals surface area contributed by atoms with Crippen molar-refractivity contribution < 1.29 is 4.79 Å². The van der Waals surface area contributed by atoms with Crippen LogP contribution in [0.4, 0.5) is 0 Å². The lowest BCUT2D eigenvalue weighted by atomic mass is 10.1. The summed E-state index contributed by atoms with van der Waals surface area (Å²) in [6.07, 6.45) is 0. The average molecular weight is 262 g/mol. The zero-order chi connectivity index (χ0) is 13.5. The molecule has 1 amide bonds. The van der Waals surface area contributed by atoms with Crippen LogP contribution < -0.4 is 16.4 Å².